The van der Waals surface area contributed by atoms with Gasteiger partial charge in [-0.3, -0.25) is 0 Å². The van der Waals surface area contributed by atoms with E-state index in [1.54, 1.807) is 4.31 Å². The van der Waals surface area contributed by atoms with Crippen LogP contribution >= 0.6 is 11.3 Å². The van der Waals surface area contributed by atoms with Gasteiger partial charge < -0.3 is 5.32 Å². The summed E-state index contributed by atoms with van der Waals surface area (Å²) in [7, 11) is -3.39. The van der Waals surface area contributed by atoms with Crippen LogP contribution in [0, 0.1) is 6.92 Å². The van der Waals surface area contributed by atoms with Crippen LogP contribution in [0.3, 0.4) is 0 Å². The lowest BCUT2D eigenvalue weighted by molar-refractivity contribution is 0.232. The number of aromatic nitrogens is 1. The average Bonchev–Trinajstić information content (AvgIpc) is 2.97. The Balaban J connectivity index is 1.86. The summed E-state index contributed by atoms with van der Waals surface area (Å²) in [5.41, 5.74) is 0. The van der Waals surface area contributed by atoms with Crippen molar-refractivity contribution in [3.05, 3.63) is 11.2 Å². The summed E-state index contributed by atoms with van der Waals surface area (Å²) in [6, 6.07) is 1.11. The summed E-state index contributed by atoms with van der Waals surface area (Å²) >= 11 is 1.26. The third kappa shape index (κ3) is 2.52. The highest BCUT2D eigenvalue weighted by molar-refractivity contribution is 7.91. The summed E-state index contributed by atoms with van der Waals surface area (Å²) < 4.78 is 27.6. The third-order valence-electron chi connectivity index (χ3n) is 4.33. The number of thiazole rings is 1. The summed E-state index contributed by atoms with van der Waals surface area (Å²) in [4.78, 5) is 4.09. The van der Waals surface area contributed by atoms with Gasteiger partial charge in [-0.05, 0) is 32.6 Å². The van der Waals surface area contributed by atoms with Crippen molar-refractivity contribution >= 4 is 21.4 Å². The van der Waals surface area contributed by atoms with Gasteiger partial charge in [-0.15, -0.1) is 11.3 Å². The number of rotatable bonds is 4. The Morgan fingerprint density at radius 2 is 2.05 bits per heavy atom. The molecule has 2 aliphatic heterocycles. The van der Waals surface area contributed by atoms with Crippen LogP contribution in [0.4, 0.5) is 0 Å². The van der Waals surface area contributed by atoms with Gasteiger partial charge >= 0.3 is 0 Å². The van der Waals surface area contributed by atoms with Crippen LogP contribution in [0.2, 0.25) is 0 Å². The molecular formula is C13H21N3O2S2. The van der Waals surface area contributed by atoms with Crippen LogP contribution in [-0.4, -0.2) is 42.4 Å². The van der Waals surface area contributed by atoms with Gasteiger partial charge in [0.05, 0.1) is 11.2 Å². The lowest BCUT2D eigenvalue weighted by Gasteiger charge is -2.36. The predicted molar refractivity (Wildman–Crippen MR) is 79.4 cm³/mol. The van der Waals surface area contributed by atoms with Crippen LogP contribution in [-0.2, 0) is 10.0 Å². The van der Waals surface area contributed by atoms with Crippen molar-refractivity contribution in [2.45, 2.75) is 61.9 Å². The van der Waals surface area contributed by atoms with Gasteiger partial charge in [-0.2, -0.15) is 4.31 Å². The van der Waals surface area contributed by atoms with E-state index in [2.05, 4.69) is 10.3 Å². The molecule has 2 aliphatic rings. The second-order valence-corrected chi connectivity index (χ2v) is 9.02. The normalized spacial score (nSPS) is 30.1. The number of sulfonamides is 1. The molecule has 2 saturated heterocycles. The molecule has 7 heteroatoms. The van der Waals surface area contributed by atoms with E-state index in [-0.39, 0.29) is 6.04 Å². The van der Waals surface area contributed by atoms with E-state index in [4.69, 9.17) is 0 Å². The number of fused-ring (bicyclic) bond motifs is 2. The molecule has 2 atom stereocenters. The van der Waals surface area contributed by atoms with Crippen LogP contribution in [0.1, 0.15) is 37.6 Å². The largest absolute Gasteiger partial charge is 0.311 e. The Bertz CT molecular complexity index is 572. The van der Waals surface area contributed by atoms with E-state index in [1.165, 1.54) is 30.4 Å². The zero-order chi connectivity index (χ0) is 14.3. The minimum absolute atomic E-state index is 0.131. The minimum Gasteiger partial charge on any atom is -0.311 e. The highest BCUT2D eigenvalue weighted by Gasteiger charge is 2.40. The second kappa shape index (κ2) is 5.36. The molecule has 2 unspecified atom stereocenters. The molecule has 0 amide bonds. The van der Waals surface area contributed by atoms with Gasteiger partial charge in [-0.25, -0.2) is 13.4 Å². The molecule has 3 rings (SSSR count). The number of aryl methyl sites for hydroxylation is 1. The van der Waals surface area contributed by atoms with Gasteiger partial charge in [0.25, 0.3) is 10.0 Å². The molecule has 0 aliphatic carbocycles. The highest BCUT2D eigenvalue weighted by atomic mass is 32.2. The fourth-order valence-electron chi connectivity index (χ4n) is 3.46. The Kier molecular flexibility index (Phi) is 3.87. The van der Waals surface area contributed by atoms with Gasteiger partial charge in [0.1, 0.15) is 0 Å². The topological polar surface area (TPSA) is 62.3 Å². The van der Waals surface area contributed by atoms with Crippen LogP contribution in [0.15, 0.2) is 10.4 Å². The molecule has 0 spiro atoms. The Morgan fingerprint density at radius 1 is 1.40 bits per heavy atom. The quantitative estimate of drug-likeness (QED) is 0.919. The number of hydrogen-bond donors (Lipinski definition) is 1. The molecule has 2 fully saturated rings. The van der Waals surface area contributed by atoms with Gasteiger partial charge in [0, 0.05) is 24.7 Å². The average molecular weight is 315 g/mol. The summed E-state index contributed by atoms with van der Waals surface area (Å²) in [6.45, 7) is 4.30. The zero-order valence-corrected chi connectivity index (χ0v) is 13.5. The van der Waals surface area contributed by atoms with Crippen molar-refractivity contribution in [3.63, 3.8) is 0 Å². The Hall–Kier alpha value is -0.500. The molecule has 5 nitrogen and oxygen atoms in total. The fraction of sp³-hybridized carbons (Fsp3) is 0.769. The van der Waals surface area contributed by atoms with E-state index in [1.807, 2.05) is 13.8 Å². The highest BCUT2D eigenvalue weighted by Crippen LogP contribution is 2.33. The van der Waals surface area contributed by atoms with Crippen molar-refractivity contribution < 1.29 is 8.42 Å². The van der Waals surface area contributed by atoms with Gasteiger partial charge in [0.15, 0.2) is 4.21 Å². The maximum atomic E-state index is 12.8. The third-order valence-corrected chi connectivity index (χ3v) is 7.71. The summed E-state index contributed by atoms with van der Waals surface area (Å²) in [5, 5.41) is 4.36. The van der Waals surface area contributed by atoms with Crippen LogP contribution in [0.5, 0.6) is 0 Å². The molecular weight excluding hydrogens is 294 g/mol. The number of nitrogens with zero attached hydrogens (tertiary/aromatic N) is 2. The van der Waals surface area contributed by atoms with E-state index in [0.29, 0.717) is 22.8 Å². The standard InChI is InChI=1S/C13H21N3O2S2/c1-3-16(12-6-10-4-5-11(7-12)15-10)20(17,18)13-8-14-9(2)19-13/h8,10-12,15H,3-7H2,1-2H3. The van der Waals surface area contributed by atoms with Crippen molar-refractivity contribution in [3.8, 4) is 0 Å². The van der Waals surface area contributed by atoms with Gasteiger partial charge in [-0.1, -0.05) is 6.92 Å². The molecule has 20 heavy (non-hydrogen) atoms. The van der Waals surface area contributed by atoms with Crippen LogP contribution < -0.4 is 5.32 Å². The van der Waals surface area contributed by atoms with E-state index < -0.39 is 10.0 Å². The molecule has 3 heterocycles. The first-order chi connectivity index (χ1) is 9.50. The molecule has 2 bridgehead atoms. The fourth-order valence-corrected chi connectivity index (χ4v) is 6.36. The minimum atomic E-state index is -3.39. The molecule has 1 N–H and O–H groups in total. The number of piperidine rings is 1. The second-order valence-electron chi connectivity index (χ2n) is 5.67. The van der Waals surface area contributed by atoms with Crippen molar-refractivity contribution in [1.82, 2.24) is 14.6 Å². The first-order valence-electron chi connectivity index (χ1n) is 7.21. The maximum absolute atomic E-state index is 12.8. The summed E-state index contributed by atoms with van der Waals surface area (Å²) in [6.07, 6.45) is 5.72. The van der Waals surface area contributed by atoms with Crippen molar-refractivity contribution in [2.75, 3.05) is 6.54 Å². The van der Waals surface area contributed by atoms with Gasteiger partial charge in [0.2, 0.25) is 0 Å². The van der Waals surface area contributed by atoms with E-state index in [0.717, 1.165) is 17.8 Å². The first kappa shape index (κ1) is 14.4. The summed E-state index contributed by atoms with van der Waals surface area (Å²) in [5.74, 6) is 0. The SMILES string of the molecule is CCN(C1CC2CCC(C1)N2)S(=O)(=O)c1cnc(C)s1. The molecule has 1 aromatic rings. The van der Waals surface area contributed by atoms with Crippen molar-refractivity contribution in [2.24, 2.45) is 0 Å². The maximum Gasteiger partial charge on any atom is 0.254 e. The van der Waals surface area contributed by atoms with Crippen LogP contribution in [0.25, 0.3) is 0 Å². The Labute approximate surface area is 124 Å². The van der Waals surface area contributed by atoms with Crippen molar-refractivity contribution in [1.29, 1.82) is 0 Å². The lowest BCUT2D eigenvalue weighted by Crippen LogP contribution is -2.50. The molecule has 0 radical (unpaired) electrons. The molecule has 1 aromatic heterocycles. The first-order valence-corrected chi connectivity index (χ1v) is 9.46. The molecule has 112 valence electrons. The smallest absolute Gasteiger partial charge is 0.254 e. The lowest BCUT2D eigenvalue weighted by atomic mass is 10.00. The molecule has 0 aromatic carbocycles. The van der Waals surface area contributed by atoms with E-state index >= 15 is 0 Å². The monoisotopic (exact) mass is 315 g/mol. The number of nitrogens with one attached hydrogen (secondary N) is 1. The van der Waals surface area contributed by atoms with E-state index in [9.17, 15) is 8.42 Å². The molecule has 0 saturated carbocycles. The zero-order valence-electron chi connectivity index (χ0n) is 11.9. The predicted octanol–water partition coefficient (Wildman–Crippen LogP) is 1.75. The Morgan fingerprint density at radius 3 is 2.55 bits per heavy atom. The number of hydrogen-bond acceptors (Lipinski definition) is 5.